The van der Waals surface area contributed by atoms with E-state index < -0.39 is 28.5 Å². The molecule has 0 saturated carbocycles. The molecule has 140 valence electrons. The van der Waals surface area contributed by atoms with Gasteiger partial charge in [0.05, 0.1) is 12.0 Å². The molecule has 0 amide bonds. The van der Waals surface area contributed by atoms with Crippen LogP contribution in [0.3, 0.4) is 0 Å². The molecule has 0 bridgehead atoms. The highest BCUT2D eigenvalue weighted by molar-refractivity contribution is 7.89. The van der Waals surface area contributed by atoms with Gasteiger partial charge in [0.15, 0.2) is 0 Å². The van der Waals surface area contributed by atoms with Crippen molar-refractivity contribution in [1.82, 2.24) is 4.31 Å². The fourth-order valence-electron chi connectivity index (χ4n) is 2.02. The second-order valence-electron chi connectivity index (χ2n) is 5.49. The number of rotatable bonds is 7. The third-order valence-electron chi connectivity index (χ3n) is 3.50. The molecule has 0 aliphatic heterocycles. The van der Waals surface area contributed by atoms with Gasteiger partial charge in [-0.2, -0.15) is 4.31 Å². The highest BCUT2D eigenvalue weighted by Crippen LogP contribution is 2.15. The zero-order valence-corrected chi connectivity index (χ0v) is 15.4. The third-order valence-corrected chi connectivity index (χ3v) is 5.32. The minimum absolute atomic E-state index is 0.0161. The van der Waals surface area contributed by atoms with E-state index in [-0.39, 0.29) is 23.0 Å². The second-order valence-corrected chi connectivity index (χ2v) is 7.54. The van der Waals surface area contributed by atoms with Crippen LogP contribution in [0.15, 0.2) is 45.7 Å². The molecule has 0 aliphatic rings. The summed E-state index contributed by atoms with van der Waals surface area (Å²) in [6.45, 7) is 1.16. The number of ether oxygens (including phenoxy) is 2. The summed E-state index contributed by atoms with van der Waals surface area (Å²) in [5.74, 6) is -1.17. The number of furan rings is 1. The molecule has 0 aliphatic carbocycles. The average molecular weight is 381 g/mol. The number of carbonyl (C=O) groups excluding carboxylic acids is 2. The van der Waals surface area contributed by atoms with E-state index in [2.05, 4.69) is 4.74 Å². The van der Waals surface area contributed by atoms with E-state index in [0.717, 1.165) is 9.87 Å². The predicted molar refractivity (Wildman–Crippen MR) is 90.8 cm³/mol. The van der Waals surface area contributed by atoms with Gasteiger partial charge in [0.25, 0.3) is 0 Å². The van der Waals surface area contributed by atoms with Gasteiger partial charge in [0.2, 0.25) is 15.8 Å². The molecule has 0 spiro atoms. The Kier molecular flexibility index (Phi) is 6.17. The first kappa shape index (κ1) is 19.7. The fourth-order valence-corrected chi connectivity index (χ4v) is 3.14. The molecule has 9 heteroatoms. The number of likely N-dealkylation sites (N-methyl/N-ethyl adjacent to an activating group) is 1. The van der Waals surface area contributed by atoms with Gasteiger partial charge in [-0.15, -0.1) is 0 Å². The van der Waals surface area contributed by atoms with Gasteiger partial charge < -0.3 is 13.9 Å². The Bertz CT molecular complexity index is 884. The second kappa shape index (κ2) is 8.15. The molecule has 1 aromatic heterocycles. The predicted octanol–water partition coefficient (Wildman–Crippen LogP) is 1.74. The molecule has 1 heterocycles. The number of hydrogen-bond acceptors (Lipinski definition) is 7. The topological polar surface area (TPSA) is 103 Å². The van der Waals surface area contributed by atoms with Crippen molar-refractivity contribution in [2.24, 2.45) is 0 Å². The maximum Gasteiger partial charge on any atom is 0.373 e. The highest BCUT2D eigenvalue weighted by Gasteiger charge is 2.23. The lowest BCUT2D eigenvalue weighted by molar-refractivity contribution is -0.145. The van der Waals surface area contributed by atoms with Gasteiger partial charge in [-0.1, -0.05) is 17.7 Å². The first-order valence-electron chi connectivity index (χ1n) is 7.59. The van der Waals surface area contributed by atoms with E-state index in [1.54, 1.807) is 12.1 Å². The molecule has 2 aromatic rings. The van der Waals surface area contributed by atoms with E-state index in [0.29, 0.717) is 0 Å². The third kappa shape index (κ3) is 4.70. The smallest absolute Gasteiger partial charge is 0.373 e. The maximum atomic E-state index is 12.4. The Labute approximate surface area is 151 Å². The standard InChI is InChI=1S/C17H19NO7S/c1-12-4-7-14(8-5-12)26(21,22)18(2)10-16(19)24-11-13-6-9-15(25-13)17(20)23-3/h4-9H,10-11H2,1-3H3. The molecule has 0 saturated heterocycles. The Morgan fingerprint density at radius 2 is 1.77 bits per heavy atom. The van der Waals surface area contributed by atoms with Crippen LogP contribution in [-0.4, -0.2) is 45.4 Å². The molecular formula is C17H19NO7S. The largest absolute Gasteiger partial charge is 0.463 e. The molecule has 0 radical (unpaired) electrons. The van der Waals surface area contributed by atoms with Crippen LogP contribution in [0.5, 0.6) is 0 Å². The summed E-state index contributed by atoms with van der Waals surface area (Å²) in [5.41, 5.74) is 0.927. The Morgan fingerprint density at radius 1 is 1.12 bits per heavy atom. The van der Waals surface area contributed by atoms with Crippen molar-refractivity contribution in [3.05, 3.63) is 53.5 Å². The molecule has 8 nitrogen and oxygen atoms in total. The van der Waals surface area contributed by atoms with Crippen molar-refractivity contribution in [1.29, 1.82) is 0 Å². The number of hydrogen-bond donors (Lipinski definition) is 0. The molecule has 1 aromatic carbocycles. The van der Waals surface area contributed by atoms with Crippen molar-refractivity contribution < 1.29 is 31.9 Å². The number of benzene rings is 1. The van der Waals surface area contributed by atoms with Crippen molar-refractivity contribution in [3.63, 3.8) is 0 Å². The Hall–Kier alpha value is -2.65. The monoisotopic (exact) mass is 381 g/mol. The van der Waals surface area contributed by atoms with Gasteiger partial charge in [-0.25, -0.2) is 13.2 Å². The van der Waals surface area contributed by atoms with E-state index >= 15 is 0 Å². The number of sulfonamides is 1. The number of esters is 2. The van der Waals surface area contributed by atoms with Gasteiger partial charge >= 0.3 is 11.9 Å². The van der Waals surface area contributed by atoms with Crippen LogP contribution in [0.1, 0.15) is 21.9 Å². The Morgan fingerprint density at radius 3 is 2.38 bits per heavy atom. The molecule has 0 fully saturated rings. The van der Waals surface area contributed by atoms with Crippen LogP contribution in [0.2, 0.25) is 0 Å². The van der Waals surface area contributed by atoms with E-state index in [1.807, 2.05) is 6.92 Å². The van der Waals surface area contributed by atoms with Gasteiger partial charge in [-0.05, 0) is 31.2 Å². The van der Waals surface area contributed by atoms with Gasteiger partial charge in [-0.3, -0.25) is 4.79 Å². The lowest BCUT2D eigenvalue weighted by Crippen LogP contribution is -2.33. The van der Waals surface area contributed by atoms with Crippen molar-refractivity contribution in [2.75, 3.05) is 20.7 Å². The van der Waals surface area contributed by atoms with Crippen molar-refractivity contribution in [2.45, 2.75) is 18.4 Å². The Balaban J connectivity index is 1.93. The molecule has 0 N–H and O–H groups in total. The van der Waals surface area contributed by atoms with E-state index in [4.69, 9.17) is 9.15 Å². The summed E-state index contributed by atoms with van der Waals surface area (Å²) in [4.78, 5) is 23.3. The van der Waals surface area contributed by atoms with Crippen LogP contribution in [0, 0.1) is 6.92 Å². The molecule has 2 rings (SSSR count). The maximum absolute atomic E-state index is 12.4. The highest BCUT2D eigenvalue weighted by atomic mass is 32.2. The summed E-state index contributed by atoms with van der Waals surface area (Å²) < 4.78 is 40.4. The minimum Gasteiger partial charge on any atom is -0.463 e. The molecule has 0 atom stereocenters. The van der Waals surface area contributed by atoms with Crippen LogP contribution in [-0.2, 0) is 30.9 Å². The summed E-state index contributed by atoms with van der Waals surface area (Å²) in [5, 5.41) is 0. The van der Waals surface area contributed by atoms with Crippen LogP contribution in [0.4, 0.5) is 0 Å². The first-order valence-corrected chi connectivity index (χ1v) is 9.03. The summed E-state index contributed by atoms with van der Waals surface area (Å²) in [6, 6.07) is 9.16. The number of methoxy groups -OCH3 is 1. The molecule has 26 heavy (non-hydrogen) atoms. The zero-order chi connectivity index (χ0) is 19.3. The van der Waals surface area contributed by atoms with E-state index in [1.165, 1.54) is 38.4 Å². The van der Waals surface area contributed by atoms with Crippen LogP contribution in [0.25, 0.3) is 0 Å². The van der Waals surface area contributed by atoms with Crippen molar-refractivity contribution >= 4 is 22.0 Å². The zero-order valence-electron chi connectivity index (χ0n) is 14.6. The van der Waals surface area contributed by atoms with Gasteiger partial charge in [0, 0.05) is 7.05 Å². The van der Waals surface area contributed by atoms with Crippen LogP contribution >= 0.6 is 0 Å². The van der Waals surface area contributed by atoms with Crippen LogP contribution < -0.4 is 0 Å². The minimum atomic E-state index is -3.80. The molecular weight excluding hydrogens is 362 g/mol. The SMILES string of the molecule is COC(=O)c1ccc(COC(=O)CN(C)S(=O)(=O)c2ccc(C)cc2)o1. The number of aryl methyl sites for hydroxylation is 1. The first-order chi connectivity index (χ1) is 12.2. The number of nitrogens with zero attached hydrogens (tertiary/aromatic N) is 1. The fraction of sp³-hybridized carbons (Fsp3) is 0.294. The lowest BCUT2D eigenvalue weighted by atomic mass is 10.2. The lowest BCUT2D eigenvalue weighted by Gasteiger charge is -2.16. The molecule has 0 unspecified atom stereocenters. The normalized spacial score (nSPS) is 11.4. The summed E-state index contributed by atoms with van der Waals surface area (Å²) in [7, 11) is -1.29. The van der Waals surface area contributed by atoms with E-state index in [9.17, 15) is 18.0 Å². The summed E-state index contributed by atoms with van der Waals surface area (Å²) >= 11 is 0. The average Bonchev–Trinajstić information content (AvgIpc) is 3.08. The summed E-state index contributed by atoms with van der Waals surface area (Å²) in [6.07, 6.45) is 0. The quantitative estimate of drug-likeness (QED) is 0.673. The van der Waals surface area contributed by atoms with Gasteiger partial charge in [0.1, 0.15) is 18.9 Å². The van der Waals surface area contributed by atoms with Crippen molar-refractivity contribution in [3.8, 4) is 0 Å². The number of carbonyl (C=O) groups is 2.